The Morgan fingerprint density at radius 3 is 2.64 bits per heavy atom. The van der Waals surface area contributed by atoms with E-state index >= 15 is 0 Å². The first-order valence-corrected chi connectivity index (χ1v) is 9.11. The van der Waals surface area contributed by atoms with Crippen LogP contribution in [-0.4, -0.2) is 61.7 Å². The summed E-state index contributed by atoms with van der Waals surface area (Å²) in [7, 11) is -2.37. The number of sulfonamides is 1. The minimum Gasteiger partial charge on any atom is -0.392 e. The monoisotopic (exact) mass is 376 g/mol. The number of nitrogens with zero attached hydrogens (tertiary/aromatic N) is 1. The van der Waals surface area contributed by atoms with E-state index in [1.165, 1.54) is 0 Å². The molecule has 0 aromatic heterocycles. The first-order valence-electron chi connectivity index (χ1n) is 7.39. The van der Waals surface area contributed by atoms with Gasteiger partial charge in [-0.15, -0.1) is 0 Å². The molecule has 1 saturated carbocycles. The van der Waals surface area contributed by atoms with Gasteiger partial charge in [0.2, 0.25) is 15.9 Å². The molecule has 0 radical (unpaired) electrons. The largest absolute Gasteiger partial charge is 0.392 e. The summed E-state index contributed by atoms with van der Waals surface area (Å²) in [4.78, 5) is 41.4. The molecule has 0 unspecified atom stereocenters. The lowest BCUT2D eigenvalue weighted by molar-refractivity contribution is -0.166. The molecular formula is C13H20N4O7S. The number of aliphatic hydroxyl groups is 1. The van der Waals surface area contributed by atoms with E-state index < -0.39 is 57.4 Å². The molecule has 12 heteroatoms. The normalized spacial score (nSPS) is 28.8. The number of hydrogen-bond acceptors (Lipinski definition) is 8. The molecule has 1 heterocycles. The lowest BCUT2D eigenvalue weighted by Crippen LogP contribution is -2.43. The van der Waals surface area contributed by atoms with Crippen LogP contribution < -0.4 is 16.4 Å². The van der Waals surface area contributed by atoms with Gasteiger partial charge < -0.3 is 20.6 Å². The number of carbonyl (C=O) groups excluding carboxylic acids is 3. The summed E-state index contributed by atoms with van der Waals surface area (Å²) in [6.45, 7) is 0.378. The fraction of sp³-hybridized carbons (Fsp3) is 0.615. The van der Waals surface area contributed by atoms with E-state index in [1.54, 1.807) is 23.6 Å². The van der Waals surface area contributed by atoms with Gasteiger partial charge in [-0.3, -0.25) is 9.59 Å². The van der Waals surface area contributed by atoms with Crippen molar-refractivity contribution < 1.29 is 32.7 Å². The Kier molecular flexibility index (Phi) is 5.34. The number of rotatable bonds is 4. The molecule has 1 aliphatic heterocycles. The Hall–Kier alpha value is -2.18. The van der Waals surface area contributed by atoms with E-state index in [2.05, 4.69) is 4.84 Å². The van der Waals surface area contributed by atoms with Crippen LogP contribution in [0.5, 0.6) is 0 Å². The van der Waals surface area contributed by atoms with Crippen molar-refractivity contribution in [2.75, 3.05) is 19.3 Å². The van der Waals surface area contributed by atoms with Crippen molar-refractivity contribution in [2.24, 2.45) is 28.6 Å². The zero-order valence-electron chi connectivity index (χ0n) is 13.4. The second kappa shape index (κ2) is 6.98. The minimum atomic E-state index is -4.06. The lowest BCUT2D eigenvalue weighted by Gasteiger charge is -2.33. The SMILES string of the molecule is CN1C=C(C(N)=O)[C@@H]2C[C@H](O)[C@H](C(=O)ONC(=O)CS(N)(=O)=O)[C@H]2C1. The second-order valence-electron chi connectivity index (χ2n) is 6.24. The molecule has 0 aromatic rings. The van der Waals surface area contributed by atoms with Crippen LogP contribution in [0.25, 0.3) is 0 Å². The molecule has 25 heavy (non-hydrogen) atoms. The van der Waals surface area contributed by atoms with Crippen LogP contribution >= 0.6 is 0 Å². The van der Waals surface area contributed by atoms with Gasteiger partial charge in [-0.25, -0.2) is 18.4 Å². The molecule has 140 valence electrons. The molecule has 0 bridgehead atoms. The average molecular weight is 376 g/mol. The van der Waals surface area contributed by atoms with E-state index in [9.17, 15) is 27.9 Å². The molecule has 1 aliphatic carbocycles. The van der Waals surface area contributed by atoms with Gasteiger partial charge in [0, 0.05) is 25.4 Å². The second-order valence-corrected chi connectivity index (χ2v) is 7.86. The number of nitrogens with one attached hydrogen (secondary N) is 1. The molecule has 6 N–H and O–H groups in total. The van der Waals surface area contributed by atoms with Gasteiger partial charge >= 0.3 is 5.97 Å². The number of amides is 2. The Bertz CT molecular complexity index is 720. The summed E-state index contributed by atoms with van der Waals surface area (Å²) in [5.41, 5.74) is 7.36. The number of primary sulfonamides is 1. The molecule has 11 nitrogen and oxygen atoms in total. The zero-order valence-corrected chi connectivity index (χ0v) is 14.2. The van der Waals surface area contributed by atoms with Gasteiger partial charge in [-0.2, -0.15) is 5.48 Å². The van der Waals surface area contributed by atoms with Gasteiger partial charge in [0.25, 0.3) is 5.91 Å². The van der Waals surface area contributed by atoms with E-state index in [1.807, 2.05) is 0 Å². The molecule has 2 amide bonds. The Labute approximate surface area is 144 Å². The van der Waals surface area contributed by atoms with Gasteiger partial charge in [0.1, 0.15) is 5.75 Å². The molecule has 1 fully saturated rings. The molecule has 4 atom stereocenters. The standard InChI is InChI=1S/C13H20N4O7S/c1-17-3-7-6(8(4-17)12(14)20)2-9(18)11(7)13(21)24-16-10(19)5-25(15,22)23/h4,6-7,9,11,18H,2-3,5H2,1H3,(H2,14,20)(H,16,19)(H2,15,22,23)/t6-,7+,9+,11-/m1/s1. The molecule has 0 spiro atoms. The topological polar surface area (TPSA) is 182 Å². The first kappa shape index (κ1) is 19.1. The Balaban J connectivity index is 2.07. The van der Waals surface area contributed by atoms with Crippen LogP contribution in [0.1, 0.15) is 6.42 Å². The fourth-order valence-corrected chi connectivity index (χ4v) is 3.82. The fourth-order valence-electron chi connectivity index (χ4n) is 3.40. The third-order valence-corrected chi connectivity index (χ3v) is 4.96. The number of nitrogens with two attached hydrogens (primary N) is 2. The summed E-state index contributed by atoms with van der Waals surface area (Å²) in [6, 6.07) is 0. The van der Waals surface area contributed by atoms with Crippen molar-refractivity contribution >= 4 is 27.8 Å². The van der Waals surface area contributed by atoms with Crippen LogP contribution in [0.15, 0.2) is 11.8 Å². The van der Waals surface area contributed by atoms with Crippen molar-refractivity contribution in [3.63, 3.8) is 0 Å². The quantitative estimate of drug-likeness (QED) is 0.369. The molecule has 2 rings (SSSR count). The maximum absolute atomic E-state index is 12.2. The van der Waals surface area contributed by atoms with E-state index in [0.29, 0.717) is 12.1 Å². The van der Waals surface area contributed by atoms with Crippen LogP contribution in [-0.2, 0) is 29.2 Å². The number of hydrogen-bond donors (Lipinski definition) is 4. The summed E-state index contributed by atoms with van der Waals surface area (Å²) >= 11 is 0. The Morgan fingerprint density at radius 1 is 1.44 bits per heavy atom. The van der Waals surface area contributed by atoms with E-state index in [4.69, 9.17) is 10.9 Å². The van der Waals surface area contributed by atoms with Crippen LogP contribution in [0.4, 0.5) is 0 Å². The average Bonchev–Trinajstić information content (AvgIpc) is 2.77. The maximum Gasteiger partial charge on any atom is 0.338 e. The van der Waals surface area contributed by atoms with Crippen molar-refractivity contribution in [1.82, 2.24) is 10.4 Å². The first-order chi connectivity index (χ1) is 11.5. The van der Waals surface area contributed by atoms with Crippen molar-refractivity contribution in [1.29, 1.82) is 0 Å². The Morgan fingerprint density at radius 2 is 2.08 bits per heavy atom. The van der Waals surface area contributed by atoms with Crippen LogP contribution in [0, 0.1) is 17.8 Å². The van der Waals surface area contributed by atoms with Gasteiger partial charge in [0.05, 0.1) is 12.0 Å². The predicted molar refractivity (Wildman–Crippen MR) is 83.2 cm³/mol. The predicted octanol–water partition coefficient (Wildman–Crippen LogP) is -3.22. The number of fused-ring (bicyclic) bond motifs is 1. The highest BCUT2D eigenvalue weighted by Crippen LogP contribution is 2.44. The summed E-state index contributed by atoms with van der Waals surface area (Å²) in [6.07, 6.45) is 0.641. The number of hydroxylamine groups is 1. The highest BCUT2D eigenvalue weighted by molar-refractivity contribution is 7.89. The van der Waals surface area contributed by atoms with Gasteiger partial charge in [-0.05, 0) is 18.3 Å². The number of aliphatic hydroxyl groups excluding tert-OH is 1. The maximum atomic E-state index is 12.2. The zero-order chi connectivity index (χ0) is 18.9. The third-order valence-electron chi connectivity index (χ3n) is 4.30. The number of carbonyl (C=O) groups is 3. The molecular weight excluding hydrogens is 356 g/mol. The van der Waals surface area contributed by atoms with Crippen molar-refractivity contribution in [3.05, 3.63) is 11.8 Å². The lowest BCUT2D eigenvalue weighted by atomic mass is 9.82. The van der Waals surface area contributed by atoms with E-state index in [0.717, 1.165) is 0 Å². The number of primary amides is 1. The van der Waals surface area contributed by atoms with Gasteiger partial charge in [0.15, 0.2) is 0 Å². The molecule has 0 saturated heterocycles. The highest BCUT2D eigenvalue weighted by Gasteiger charge is 2.51. The van der Waals surface area contributed by atoms with Crippen LogP contribution in [0.3, 0.4) is 0 Å². The highest BCUT2D eigenvalue weighted by atomic mass is 32.2. The van der Waals surface area contributed by atoms with E-state index in [-0.39, 0.29) is 6.42 Å². The van der Waals surface area contributed by atoms with Crippen molar-refractivity contribution in [3.8, 4) is 0 Å². The summed E-state index contributed by atoms with van der Waals surface area (Å²) < 4.78 is 21.6. The van der Waals surface area contributed by atoms with Gasteiger partial charge in [-0.1, -0.05) is 0 Å². The summed E-state index contributed by atoms with van der Waals surface area (Å²) in [5, 5.41) is 14.9. The van der Waals surface area contributed by atoms with Crippen molar-refractivity contribution in [2.45, 2.75) is 12.5 Å². The molecule has 0 aromatic carbocycles. The molecule has 2 aliphatic rings. The minimum absolute atomic E-state index is 0.151. The van der Waals surface area contributed by atoms with Crippen LogP contribution in [0.2, 0.25) is 0 Å². The smallest absolute Gasteiger partial charge is 0.338 e. The third kappa shape index (κ3) is 4.46. The summed E-state index contributed by atoms with van der Waals surface area (Å²) in [5.74, 6) is -5.55.